The van der Waals surface area contributed by atoms with Crippen LogP contribution in [0.15, 0.2) is 61.2 Å². The Kier molecular flexibility index (Phi) is 5.82. The van der Waals surface area contributed by atoms with E-state index in [2.05, 4.69) is 50.3 Å². The van der Waals surface area contributed by atoms with Crippen LogP contribution < -0.4 is 5.32 Å². The number of quaternary nitrogens is 1. The highest BCUT2D eigenvalue weighted by Gasteiger charge is 2.49. The number of nitrogens with zero attached hydrogens (tertiary/aromatic N) is 1. The number of rotatable bonds is 6. The summed E-state index contributed by atoms with van der Waals surface area (Å²) in [6, 6.07) is 15.1. The molecule has 168 valence electrons. The van der Waals surface area contributed by atoms with Gasteiger partial charge in [-0.25, -0.2) is 9.59 Å². The van der Waals surface area contributed by atoms with Crippen LogP contribution in [0.5, 0.6) is 0 Å². The van der Waals surface area contributed by atoms with Crippen molar-refractivity contribution in [2.45, 2.75) is 24.8 Å². The molecule has 0 radical (unpaired) electrons. The predicted molar refractivity (Wildman–Crippen MR) is 123 cm³/mol. The van der Waals surface area contributed by atoms with E-state index in [1.165, 1.54) is 0 Å². The van der Waals surface area contributed by atoms with Crippen molar-refractivity contribution in [3.05, 3.63) is 72.3 Å². The van der Waals surface area contributed by atoms with E-state index in [-0.39, 0.29) is 12.5 Å². The van der Waals surface area contributed by atoms with Crippen molar-refractivity contribution in [3.63, 3.8) is 0 Å². The Bertz CT molecular complexity index is 1000. The van der Waals surface area contributed by atoms with E-state index in [1.54, 1.807) is 6.08 Å². The van der Waals surface area contributed by atoms with Crippen LogP contribution in [0.1, 0.15) is 29.9 Å². The monoisotopic (exact) mass is 435 g/mol. The molecule has 1 heterocycles. The van der Waals surface area contributed by atoms with E-state index in [4.69, 9.17) is 4.74 Å². The zero-order valence-corrected chi connectivity index (χ0v) is 18.7. The van der Waals surface area contributed by atoms with Gasteiger partial charge in [-0.1, -0.05) is 54.6 Å². The molecule has 2 aromatic carbocycles. The molecular formula is C26H31N2O4+. The molecule has 0 spiro atoms. The SMILES string of the molecule is C=C[C@@]1([C@@H](NC(=O)OCC2c3ccccc3-c3ccccc32)C(=O)O)CCC[N+](C)(C)C1. The van der Waals surface area contributed by atoms with E-state index < -0.39 is 23.5 Å². The van der Waals surface area contributed by atoms with Gasteiger partial charge in [0.1, 0.15) is 12.6 Å². The largest absolute Gasteiger partial charge is 0.480 e. The van der Waals surface area contributed by atoms with Crippen molar-refractivity contribution >= 4 is 12.1 Å². The van der Waals surface area contributed by atoms with E-state index >= 15 is 0 Å². The van der Waals surface area contributed by atoms with Crippen molar-refractivity contribution in [1.29, 1.82) is 0 Å². The summed E-state index contributed by atoms with van der Waals surface area (Å²) < 4.78 is 6.28. The number of piperidine rings is 1. The average Bonchev–Trinajstić information content (AvgIpc) is 3.09. The van der Waals surface area contributed by atoms with Gasteiger partial charge in [-0.15, -0.1) is 6.58 Å². The number of aliphatic carboxylic acids is 1. The molecule has 32 heavy (non-hydrogen) atoms. The maximum absolute atomic E-state index is 12.8. The molecule has 2 aliphatic rings. The molecule has 2 atom stereocenters. The summed E-state index contributed by atoms with van der Waals surface area (Å²) in [7, 11) is 4.15. The van der Waals surface area contributed by atoms with Crippen molar-refractivity contribution in [2.24, 2.45) is 5.41 Å². The summed E-state index contributed by atoms with van der Waals surface area (Å²) >= 11 is 0. The Morgan fingerprint density at radius 2 is 1.78 bits per heavy atom. The average molecular weight is 436 g/mol. The lowest BCUT2D eigenvalue weighted by molar-refractivity contribution is -0.901. The van der Waals surface area contributed by atoms with Gasteiger partial charge < -0.3 is 19.6 Å². The van der Waals surface area contributed by atoms with Crippen molar-refractivity contribution in [3.8, 4) is 11.1 Å². The molecule has 1 aliphatic carbocycles. The van der Waals surface area contributed by atoms with E-state index in [9.17, 15) is 14.7 Å². The highest BCUT2D eigenvalue weighted by molar-refractivity contribution is 5.82. The second-order valence-corrected chi connectivity index (χ2v) is 9.60. The standard InChI is InChI=1S/C26H30N2O4/c1-4-26(14-9-15-28(2,3)17-26)23(24(29)30)27-25(31)32-16-22-20-12-7-5-10-18(20)19-11-6-8-13-21(19)22/h4-8,10-13,22-23H,1,9,14-17H2,2-3H3,(H-,27,29,30,31)/p+1/t23-,26+/m0/s1. The topological polar surface area (TPSA) is 75.6 Å². The number of amides is 1. The van der Waals surface area contributed by atoms with Gasteiger partial charge >= 0.3 is 12.1 Å². The normalized spacial score (nSPS) is 22.3. The molecule has 1 saturated heterocycles. The van der Waals surface area contributed by atoms with Gasteiger partial charge in [-0.3, -0.25) is 0 Å². The van der Waals surface area contributed by atoms with Gasteiger partial charge in [-0.05, 0) is 35.1 Å². The Labute approximate surface area is 189 Å². The third-order valence-corrected chi connectivity index (χ3v) is 6.96. The third-order valence-electron chi connectivity index (χ3n) is 6.96. The van der Waals surface area contributed by atoms with Gasteiger partial charge in [0.15, 0.2) is 0 Å². The van der Waals surface area contributed by atoms with Gasteiger partial charge in [0.2, 0.25) is 0 Å². The Morgan fingerprint density at radius 1 is 1.19 bits per heavy atom. The van der Waals surface area contributed by atoms with Crippen LogP contribution in [0.3, 0.4) is 0 Å². The second-order valence-electron chi connectivity index (χ2n) is 9.60. The van der Waals surface area contributed by atoms with Crippen LogP contribution >= 0.6 is 0 Å². The smallest absolute Gasteiger partial charge is 0.407 e. The Morgan fingerprint density at radius 3 is 2.31 bits per heavy atom. The van der Waals surface area contributed by atoms with Crippen molar-refractivity contribution in [2.75, 3.05) is 33.8 Å². The zero-order valence-electron chi connectivity index (χ0n) is 18.7. The summed E-state index contributed by atoms with van der Waals surface area (Å²) in [5.74, 6) is -1.14. The first kappa shape index (κ1) is 22.1. The first-order valence-electron chi connectivity index (χ1n) is 11.1. The van der Waals surface area contributed by atoms with Crippen LogP contribution in [0.25, 0.3) is 11.1 Å². The summed E-state index contributed by atoms with van der Waals surface area (Å²) in [5.41, 5.74) is 3.80. The summed E-state index contributed by atoms with van der Waals surface area (Å²) in [6.45, 7) is 5.63. The minimum absolute atomic E-state index is 0.0740. The maximum atomic E-state index is 12.8. The van der Waals surface area contributed by atoms with Gasteiger partial charge in [0.25, 0.3) is 0 Å². The molecule has 2 aromatic rings. The van der Waals surface area contributed by atoms with Gasteiger partial charge in [-0.2, -0.15) is 0 Å². The molecular weight excluding hydrogens is 404 g/mol. The summed E-state index contributed by atoms with van der Waals surface area (Å²) in [5, 5.41) is 12.6. The lowest BCUT2D eigenvalue weighted by Crippen LogP contribution is -2.62. The van der Waals surface area contributed by atoms with Crippen LogP contribution in [-0.4, -0.2) is 61.5 Å². The Hall–Kier alpha value is -3.12. The number of alkyl carbamates (subject to hydrolysis) is 1. The number of likely N-dealkylation sites (tertiary alicyclic amines) is 1. The predicted octanol–water partition coefficient (Wildman–Crippen LogP) is 4.02. The lowest BCUT2D eigenvalue weighted by atomic mass is 9.73. The Balaban J connectivity index is 1.50. The number of ether oxygens (including phenoxy) is 1. The molecule has 0 unspecified atom stereocenters. The highest BCUT2D eigenvalue weighted by atomic mass is 16.5. The molecule has 1 aliphatic heterocycles. The number of carbonyl (C=O) groups is 2. The fraction of sp³-hybridized carbons (Fsp3) is 0.385. The number of carboxylic acid groups (broad SMARTS) is 1. The van der Waals surface area contributed by atoms with Gasteiger partial charge in [0, 0.05) is 5.92 Å². The van der Waals surface area contributed by atoms with E-state index in [1.807, 2.05) is 24.3 Å². The number of benzene rings is 2. The van der Waals surface area contributed by atoms with Crippen LogP contribution in [-0.2, 0) is 9.53 Å². The molecule has 1 fully saturated rings. The van der Waals surface area contributed by atoms with E-state index in [0.717, 1.165) is 35.2 Å². The van der Waals surface area contributed by atoms with Crippen molar-refractivity contribution in [1.82, 2.24) is 5.32 Å². The molecule has 0 saturated carbocycles. The number of fused-ring (bicyclic) bond motifs is 3. The quantitative estimate of drug-likeness (QED) is 0.531. The maximum Gasteiger partial charge on any atom is 0.407 e. The number of hydrogen-bond acceptors (Lipinski definition) is 3. The van der Waals surface area contributed by atoms with Crippen molar-refractivity contribution < 1.29 is 23.9 Å². The molecule has 0 bridgehead atoms. The fourth-order valence-electron chi connectivity index (χ4n) is 5.52. The molecule has 0 aromatic heterocycles. The number of carboxylic acids is 1. The molecule has 4 rings (SSSR count). The van der Waals surface area contributed by atoms with Crippen LogP contribution in [0.4, 0.5) is 4.79 Å². The van der Waals surface area contributed by atoms with Gasteiger partial charge in [0.05, 0.1) is 32.6 Å². The minimum atomic E-state index is -1.09. The highest BCUT2D eigenvalue weighted by Crippen LogP contribution is 2.44. The minimum Gasteiger partial charge on any atom is -0.480 e. The fourth-order valence-corrected chi connectivity index (χ4v) is 5.52. The lowest BCUT2D eigenvalue weighted by Gasteiger charge is -2.46. The number of hydrogen-bond donors (Lipinski definition) is 2. The zero-order chi connectivity index (χ0) is 22.9. The molecule has 1 amide bonds. The van der Waals surface area contributed by atoms with E-state index in [0.29, 0.717) is 17.4 Å². The van der Waals surface area contributed by atoms with Crippen LogP contribution in [0.2, 0.25) is 0 Å². The molecule has 6 nitrogen and oxygen atoms in total. The number of carbonyl (C=O) groups excluding carboxylic acids is 1. The molecule has 6 heteroatoms. The first-order valence-corrected chi connectivity index (χ1v) is 11.1. The summed E-state index contributed by atoms with van der Waals surface area (Å²) in [6.07, 6.45) is 2.53. The second kappa shape index (κ2) is 8.43. The molecule has 2 N–H and O–H groups in total. The number of nitrogens with one attached hydrogen (secondary N) is 1. The van der Waals surface area contributed by atoms with Crippen LogP contribution in [0, 0.1) is 5.41 Å². The first-order chi connectivity index (χ1) is 15.3. The summed E-state index contributed by atoms with van der Waals surface area (Å²) in [4.78, 5) is 24.9. The third kappa shape index (κ3) is 4.02.